The van der Waals surface area contributed by atoms with E-state index in [4.69, 9.17) is 0 Å². The van der Waals surface area contributed by atoms with Crippen LogP contribution >= 0.6 is 0 Å². The molecule has 5 nitrogen and oxygen atoms in total. The van der Waals surface area contributed by atoms with Crippen molar-refractivity contribution in [1.29, 1.82) is 0 Å². The number of amides is 1. The van der Waals surface area contributed by atoms with Crippen LogP contribution in [0.4, 0.5) is 0 Å². The van der Waals surface area contributed by atoms with Gasteiger partial charge in [-0.15, -0.1) is 0 Å². The number of carbonyl (C=O) groups excluding carboxylic acids is 1. The van der Waals surface area contributed by atoms with Crippen molar-refractivity contribution >= 4 is 5.91 Å². The van der Waals surface area contributed by atoms with Crippen LogP contribution < -0.4 is 10.2 Å². The van der Waals surface area contributed by atoms with E-state index in [0.29, 0.717) is 6.54 Å². The predicted molar refractivity (Wildman–Crippen MR) is 91.8 cm³/mol. The Morgan fingerprint density at radius 3 is 2.57 bits per heavy atom. The van der Waals surface area contributed by atoms with Gasteiger partial charge in [-0.1, -0.05) is 18.2 Å². The average molecular weight is 315 g/mol. The normalized spacial score (nSPS) is 13.6. The smallest absolute Gasteiger partial charge is 0.278 e. The molecular weight excluding hydrogens is 288 g/mol. The Labute approximate surface area is 138 Å². The first kappa shape index (κ1) is 17.2. The van der Waals surface area contributed by atoms with Crippen molar-refractivity contribution in [3.8, 4) is 5.69 Å². The number of rotatable bonds is 6. The highest BCUT2D eigenvalue weighted by molar-refractivity contribution is 5.79. The maximum Gasteiger partial charge on any atom is 0.278 e. The molecular formula is C18H27N4O+. The molecule has 2 atom stereocenters. The summed E-state index contributed by atoms with van der Waals surface area (Å²) in [7, 11) is 2.05. The van der Waals surface area contributed by atoms with Crippen molar-refractivity contribution in [2.24, 2.45) is 0 Å². The molecule has 124 valence electrons. The Hall–Kier alpha value is -2.14. The Balaban J connectivity index is 2.21. The molecule has 2 rings (SSSR count). The second-order valence-corrected chi connectivity index (χ2v) is 6.04. The van der Waals surface area contributed by atoms with Gasteiger partial charge in [-0.25, -0.2) is 4.68 Å². The third-order valence-electron chi connectivity index (χ3n) is 4.38. The van der Waals surface area contributed by atoms with Crippen molar-refractivity contribution in [1.82, 2.24) is 15.1 Å². The van der Waals surface area contributed by atoms with Gasteiger partial charge >= 0.3 is 0 Å². The van der Waals surface area contributed by atoms with Gasteiger partial charge in [0.2, 0.25) is 0 Å². The van der Waals surface area contributed by atoms with E-state index in [1.54, 1.807) is 0 Å². The zero-order chi connectivity index (χ0) is 17.0. The molecule has 0 spiro atoms. The predicted octanol–water partition coefficient (Wildman–Crippen LogP) is 1.03. The average Bonchev–Trinajstić information content (AvgIpc) is 2.83. The first-order valence-electron chi connectivity index (χ1n) is 8.16. The molecule has 0 fully saturated rings. The quantitative estimate of drug-likeness (QED) is 0.836. The Morgan fingerprint density at radius 1 is 1.30 bits per heavy atom. The minimum atomic E-state index is -0.0891. The van der Waals surface area contributed by atoms with Gasteiger partial charge in [-0.2, -0.15) is 5.10 Å². The van der Waals surface area contributed by atoms with Crippen molar-refractivity contribution in [2.75, 3.05) is 13.6 Å². The number of quaternary nitrogens is 1. The van der Waals surface area contributed by atoms with Crippen molar-refractivity contribution in [2.45, 2.75) is 40.3 Å². The van der Waals surface area contributed by atoms with Crippen LogP contribution in [0.5, 0.6) is 0 Å². The molecule has 0 saturated heterocycles. The summed E-state index contributed by atoms with van der Waals surface area (Å²) in [6.45, 7) is 9.48. The molecule has 0 aliphatic heterocycles. The fraction of sp³-hybridized carbons (Fsp3) is 0.444. The van der Waals surface area contributed by atoms with Crippen molar-refractivity contribution in [3.63, 3.8) is 0 Å². The van der Waals surface area contributed by atoms with Crippen LogP contribution in [0.25, 0.3) is 5.69 Å². The van der Waals surface area contributed by atoms with E-state index >= 15 is 0 Å². The maximum atomic E-state index is 12.0. The van der Waals surface area contributed by atoms with Gasteiger partial charge < -0.3 is 10.2 Å². The number of hydrogen-bond acceptors (Lipinski definition) is 2. The van der Waals surface area contributed by atoms with Crippen LogP contribution in [0.15, 0.2) is 30.3 Å². The van der Waals surface area contributed by atoms with Gasteiger partial charge in [-0.05, 0) is 39.8 Å². The highest BCUT2D eigenvalue weighted by Crippen LogP contribution is 2.16. The summed E-state index contributed by atoms with van der Waals surface area (Å²) in [4.78, 5) is 13.2. The van der Waals surface area contributed by atoms with Crippen LogP contribution in [-0.2, 0) is 11.3 Å². The Bertz CT molecular complexity index is 663. The van der Waals surface area contributed by atoms with Crippen LogP contribution in [0, 0.1) is 13.8 Å². The van der Waals surface area contributed by atoms with Gasteiger partial charge in [0.15, 0.2) is 6.04 Å². The minimum Gasteiger partial charge on any atom is -0.351 e. The van der Waals surface area contributed by atoms with E-state index in [1.807, 2.05) is 43.7 Å². The Kier molecular flexibility index (Phi) is 5.55. The topological polar surface area (TPSA) is 51.4 Å². The van der Waals surface area contributed by atoms with Crippen LogP contribution in [0.1, 0.15) is 30.8 Å². The number of para-hydroxylation sites is 1. The summed E-state index contributed by atoms with van der Waals surface area (Å²) in [5, 5.41) is 7.57. The van der Waals surface area contributed by atoms with Gasteiger partial charge in [-0.3, -0.25) is 4.79 Å². The summed E-state index contributed by atoms with van der Waals surface area (Å²) >= 11 is 0. The third kappa shape index (κ3) is 3.79. The fourth-order valence-corrected chi connectivity index (χ4v) is 2.73. The SMILES string of the molecule is CCNC(=O)[C@@H](C)[NH+](C)Cc1c(C)nn(-c2ccccc2)c1C. The molecule has 1 aromatic heterocycles. The van der Waals surface area contributed by atoms with E-state index in [1.165, 1.54) is 5.56 Å². The fourth-order valence-electron chi connectivity index (χ4n) is 2.73. The summed E-state index contributed by atoms with van der Waals surface area (Å²) in [5.74, 6) is 0.0933. The van der Waals surface area contributed by atoms with E-state index in [-0.39, 0.29) is 11.9 Å². The molecule has 2 N–H and O–H groups in total. The number of likely N-dealkylation sites (N-methyl/N-ethyl adjacent to an activating group) is 2. The third-order valence-corrected chi connectivity index (χ3v) is 4.38. The first-order valence-corrected chi connectivity index (χ1v) is 8.16. The maximum absolute atomic E-state index is 12.0. The standard InChI is InChI=1S/C18H26N4O/c1-6-19-18(23)15(4)21(5)12-17-13(2)20-22(14(17)3)16-10-8-7-9-11-16/h7-11,15H,6,12H2,1-5H3,(H,19,23)/p+1/t15-/m1/s1. The molecule has 1 amide bonds. The van der Waals surface area contributed by atoms with E-state index < -0.39 is 0 Å². The second-order valence-electron chi connectivity index (χ2n) is 6.04. The molecule has 2 aromatic rings. The first-order chi connectivity index (χ1) is 11.0. The molecule has 0 bridgehead atoms. The van der Waals surface area contributed by atoms with Crippen LogP contribution in [0.3, 0.4) is 0 Å². The molecule has 1 heterocycles. The number of nitrogens with zero attached hydrogens (tertiary/aromatic N) is 2. The molecule has 0 aliphatic rings. The number of hydrogen-bond donors (Lipinski definition) is 2. The lowest BCUT2D eigenvalue weighted by atomic mass is 10.1. The second kappa shape index (κ2) is 7.42. The lowest BCUT2D eigenvalue weighted by Crippen LogP contribution is -3.12. The molecule has 0 aliphatic carbocycles. The molecule has 23 heavy (non-hydrogen) atoms. The van der Waals surface area contributed by atoms with Crippen LogP contribution in [-0.4, -0.2) is 35.3 Å². The van der Waals surface area contributed by atoms with E-state index in [0.717, 1.165) is 28.5 Å². The summed E-state index contributed by atoms with van der Waals surface area (Å²) < 4.78 is 1.98. The Morgan fingerprint density at radius 2 is 1.96 bits per heavy atom. The number of carbonyl (C=O) groups is 1. The largest absolute Gasteiger partial charge is 0.351 e. The number of benzene rings is 1. The molecule has 0 radical (unpaired) electrons. The summed E-state index contributed by atoms with van der Waals surface area (Å²) in [5.41, 5.74) is 4.43. The lowest BCUT2D eigenvalue weighted by molar-refractivity contribution is -0.908. The van der Waals surface area contributed by atoms with Gasteiger partial charge in [0.05, 0.1) is 29.7 Å². The minimum absolute atomic E-state index is 0.0891. The van der Waals surface area contributed by atoms with Crippen molar-refractivity contribution < 1.29 is 9.69 Å². The summed E-state index contributed by atoms with van der Waals surface area (Å²) in [6, 6.07) is 10.0. The van der Waals surface area contributed by atoms with Crippen LogP contribution in [0.2, 0.25) is 0 Å². The zero-order valence-corrected chi connectivity index (χ0v) is 14.7. The highest BCUT2D eigenvalue weighted by atomic mass is 16.2. The zero-order valence-electron chi connectivity index (χ0n) is 14.7. The molecule has 1 aromatic carbocycles. The summed E-state index contributed by atoms with van der Waals surface area (Å²) in [6.07, 6.45) is 0. The van der Waals surface area contributed by atoms with Gasteiger partial charge in [0.25, 0.3) is 5.91 Å². The number of nitrogens with one attached hydrogen (secondary N) is 2. The molecule has 1 unspecified atom stereocenters. The lowest BCUT2D eigenvalue weighted by Gasteiger charge is -2.21. The van der Waals surface area contributed by atoms with E-state index in [9.17, 15) is 4.79 Å². The van der Waals surface area contributed by atoms with E-state index in [2.05, 4.69) is 36.5 Å². The number of aromatic nitrogens is 2. The number of aryl methyl sites for hydroxylation is 1. The van der Waals surface area contributed by atoms with Crippen molar-refractivity contribution in [3.05, 3.63) is 47.3 Å². The van der Waals surface area contributed by atoms with Gasteiger partial charge in [0, 0.05) is 6.54 Å². The molecule has 5 heteroatoms. The monoisotopic (exact) mass is 315 g/mol. The van der Waals surface area contributed by atoms with Gasteiger partial charge in [0.1, 0.15) is 6.54 Å². The molecule has 0 saturated carbocycles. The highest BCUT2D eigenvalue weighted by Gasteiger charge is 2.24.